The van der Waals surface area contributed by atoms with Gasteiger partial charge in [-0.25, -0.2) is 20.3 Å². The van der Waals surface area contributed by atoms with Crippen molar-refractivity contribution < 1.29 is 38.5 Å². The van der Waals surface area contributed by atoms with Crippen LogP contribution in [0.15, 0.2) is 29.4 Å². The summed E-state index contributed by atoms with van der Waals surface area (Å²) >= 11 is 0. The molecule has 0 radical (unpaired) electrons. The Morgan fingerprint density at radius 3 is 2.18 bits per heavy atom. The maximum atomic E-state index is 12.5. The second kappa shape index (κ2) is 12.8. The standard InChI is InChI=1S/C22H34N4O8/c1-21(2,3)32-19(29)24-11-12-26(20(30)33-22(4,5)6)25-13-15-7-9-16(10-8-15)31-14-17(34-23)18(27)28/h7-10,13,17H,11-12,14,23H2,1-6H3,(H,24,29)(H,27,28). The normalized spacial score (nSPS) is 12.7. The van der Waals surface area contributed by atoms with Gasteiger partial charge >= 0.3 is 18.2 Å². The molecular weight excluding hydrogens is 448 g/mol. The maximum absolute atomic E-state index is 12.5. The molecule has 2 amide bonds. The average molecular weight is 483 g/mol. The number of alkyl carbamates (subject to hydrolysis) is 1. The summed E-state index contributed by atoms with van der Waals surface area (Å²) in [6.45, 7) is 10.3. The topological polar surface area (TPSA) is 162 Å². The zero-order chi connectivity index (χ0) is 25.9. The van der Waals surface area contributed by atoms with Gasteiger partial charge in [-0.15, -0.1) is 0 Å². The van der Waals surface area contributed by atoms with Crippen LogP contribution in [0.1, 0.15) is 47.1 Å². The number of rotatable bonds is 10. The zero-order valence-corrected chi connectivity index (χ0v) is 20.4. The molecule has 0 spiro atoms. The Balaban J connectivity index is 2.79. The lowest BCUT2D eigenvalue weighted by molar-refractivity contribution is -0.152. The van der Waals surface area contributed by atoms with Crippen molar-refractivity contribution in [1.82, 2.24) is 10.3 Å². The van der Waals surface area contributed by atoms with Crippen LogP contribution in [-0.4, -0.2) is 71.5 Å². The maximum Gasteiger partial charge on any atom is 0.430 e. The van der Waals surface area contributed by atoms with Crippen molar-refractivity contribution in [2.24, 2.45) is 11.0 Å². The number of carboxylic acid groups (broad SMARTS) is 1. The van der Waals surface area contributed by atoms with Gasteiger partial charge in [0.1, 0.15) is 23.6 Å². The van der Waals surface area contributed by atoms with Crippen LogP contribution in [-0.2, 0) is 19.1 Å². The summed E-state index contributed by atoms with van der Waals surface area (Å²) in [6.07, 6.45) is -1.15. The quantitative estimate of drug-likeness (QED) is 0.336. The highest BCUT2D eigenvalue weighted by atomic mass is 16.6. The van der Waals surface area contributed by atoms with Crippen molar-refractivity contribution >= 4 is 24.4 Å². The number of aliphatic carboxylic acids is 1. The van der Waals surface area contributed by atoms with Crippen LogP contribution in [0.5, 0.6) is 5.75 Å². The van der Waals surface area contributed by atoms with Gasteiger partial charge in [-0.1, -0.05) is 0 Å². The number of hydrazone groups is 1. The Morgan fingerprint density at radius 2 is 1.68 bits per heavy atom. The van der Waals surface area contributed by atoms with Gasteiger partial charge in [0, 0.05) is 6.54 Å². The molecule has 0 heterocycles. The summed E-state index contributed by atoms with van der Waals surface area (Å²) < 4.78 is 15.9. The molecule has 0 saturated carbocycles. The summed E-state index contributed by atoms with van der Waals surface area (Å²) in [5, 5.41) is 16.7. The third kappa shape index (κ3) is 12.0. The summed E-state index contributed by atoms with van der Waals surface area (Å²) in [4.78, 5) is 39.6. The van der Waals surface area contributed by atoms with E-state index in [-0.39, 0.29) is 19.7 Å². The van der Waals surface area contributed by atoms with E-state index in [1.54, 1.807) is 65.8 Å². The van der Waals surface area contributed by atoms with Crippen LogP contribution in [0.3, 0.4) is 0 Å². The number of ether oxygens (including phenoxy) is 3. The van der Waals surface area contributed by atoms with E-state index in [2.05, 4.69) is 15.3 Å². The Bertz CT molecular complexity index is 844. The van der Waals surface area contributed by atoms with Gasteiger partial charge in [0.05, 0.1) is 12.8 Å². The predicted octanol–water partition coefficient (Wildman–Crippen LogP) is 2.50. The predicted molar refractivity (Wildman–Crippen MR) is 123 cm³/mol. The van der Waals surface area contributed by atoms with E-state index >= 15 is 0 Å². The zero-order valence-electron chi connectivity index (χ0n) is 20.4. The van der Waals surface area contributed by atoms with E-state index in [0.29, 0.717) is 11.3 Å². The monoisotopic (exact) mass is 482 g/mol. The van der Waals surface area contributed by atoms with Crippen LogP contribution in [0.2, 0.25) is 0 Å². The van der Waals surface area contributed by atoms with E-state index in [0.717, 1.165) is 5.01 Å². The van der Waals surface area contributed by atoms with Crippen molar-refractivity contribution in [3.8, 4) is 5.75 Å². The SMILES string of the molecule is CC(C)(C)OC(=O)NCCN(N=Cc1ccc(OCC(ON)C(=O)O)cc1)C(=O)OC(C)(C)C. The van der Waals surface area contributed by atoms with E-state index < -0.39 is 35.5 Å². The fourth-order valence-electron chi connectivity index (χ4n) is 2.22. The fraction of sp³-hybridized carbons (Fsp3) is 0.545. The summed E-state index contributed by atoms with van der Waals surface area (Å²) in [5.74, 6) is 4.07. The van der Waals surface area contributed by atoms with E-state index in [4.69, 9.17) is 25.2 Å². The van der Waals surface area contributed by atoms with Crippen molar-refractivity contribution in [2.75, 3.05) is 19.7 Å². The molecule has 0 saturated heterocycles. The lowest BCUT2D eigenvalue weighted by Crippen LogP contribution is -2.40. The molecule has 4 N–H and O–H groups in total. The number of nitrogens with two attached hydrogens (primary N) is 1. The molecule has 12 heteroatoms. The number of nitrogens with one attached hydrogen (secondary N) is 1. The van der Waals surface area contributed by atoms with Crippen molar-refractivity contribution in [3.05, 3.63) is 29.8 Å². The number of carbonyl (C=O) groups excluding carboxylic acids is 2. The average Bonchev–Trinajstić information content (AvgIpc) is 2.69. The Hall–Kier alpha value is -3.38. The number of benzene rings is 1. The largest absolute Gasteiger partial charge is 0.490 e. The molecule has 12 nitrogen and oxygen atoms in total. The highest BCUT2D eigenvalue weighted by Crippen LogP contribution is 2.13. The molecule has 0 aliphatic heterocycles. The highest BCUT2D eigenvalue weighted by Gasteiger charge is 2.22. The third-order valence-corrected chi connectivity index (χ3v) is 3.66. The smallest absolute Gasteiger partial charge is 0.430 e. The van der Waals surface area contributed by atoms with Crippen molar-refractivity contribution in [3.63, 3.8) is 0 Å². The number of amides is 2. The lowest BCUT2D eigenvalue weighted by Gasteiger charge is -2.24. The molecule has 34 heavy (non-hydrogen) atoms. The fourth-order valence-corrected chi connectivity index (χ4v) is 2.22. The molecular formula is C22H34N4O8. The minimum Gasteiger partial charge on any atom is -0.490 e. The van der Waals surface area contributed by atoms with E-state index in [9.17, 15) is 14.4 Å². The van der Waals surface area contributed by atoms with Gasteiger partial charge in [0.15, 0.2) is 0 Å². The molecule has 0 aliphatic rings. The molecule has 0 aliphatic carbocycles. The summed E-state index contributed by atoms with van der Waals surface area (Å²) in [7, 11) is 0. The second-order valence-corrected chi connectivity index (χ2v) is 9.12. The molecule has 1 unspecified atom stereocenters. The van der Waals surface area contributed by atoms with Gasteiger partial charge in [0.2, 0.25) is 6.10 Å². The highest BCUT2D eigenvalue weighted by molar-refractivity contribution is 5.81. The summed E-state index contributed by atoms with van der Waals surface area (Å²) in [5.41, 5.74) is -0.746. The van der Waals surface area contributed by atoms with Crippen LogP contribution in [0, 0.1) is 0 Å². The molecule has 1 aromatic carbocycles. The van der Waals surface area contributed by atoms with Crippen LogP contribution in [0.25, 0.3) is 0 Å². The van der Waals surface area contributed by atoms with Gasteiger partial charge in [0.25, 0.3) is 0 Å². The van der Waals surface area contributed by atoms with Gasteiger partial charge in [-0.2, -0.15) is 10.1 Å². The van der Waals surface area contributed by atoms with E-state index in [1.807, 2.05) is 0 Å². The first-order chi connectivity index (χ1) is 15.7. The lowest BCUT2D eigenvalue weighted by atomic mass is 10.2. The first kappa shape index (κ1) is 28.7. The Labute approximate surface area is 198 Å². The third-order valence-electron chi connectivity index (χ3n) is 3.66. The van der Waals surface area contributed by atoms with Gasteiger partial charge in [-0.05, 0) is 71.4 Å². The number of hydrogen-bond donors (Lipinski definition) is 3. The number of nitrogens with zero attached hydrogens (tertiary/aromatic N) is 2. The first-order valence-corrected chi connectivity index (χ1v) is 10.5. The molecule has 1 aromatic rings. The van der Waals surface area contributed by atoms with E-state index in [1.165, 1.54) is 6.21 Å². The van der Waals surface area contributed by atoms with Gasteiger partial charge < -0.3 is 24.6 Å². The molecule has 0 aromatic heterocycles. The van der Waals surface area contributed by atoms with Crippen molar-refractivity contribution in [1.29, 1.82) is 0 Å². The summed E-state index contributed by atoms with van der Waals surface area (Å²) in [6, 6.07) is 6.51. The second-order valence-electron chi connectivity index (χ2n) is 9.12. The first-order valence-electron chi connectivity index (χ1n) is 10.5. The minimum absolute atomic E-state index is 0.0432. The number of carboxylic acids is 1. The van der Waals surface area contributed by atoms with Crippen molar-refractivity contribution in [2.45, 2.75) is 58.8 Å². The molecule has 190 valence electrons. The number of carbonyl (C=O) groups is 3. The molecule has 1 atom stereocenters. The van der Waals surface area contributed by atoms with Crippen LogP contribution in [0.4, 0.5) is 9.59 Å². The Morgan fingerprint density at radius 1 is 1.09 bits per heavy atom. The Kier molecular flexibility index (Phi) is 10.7. The molecule has 0 bridgehead atoms. The minimum atomic E-state index is -1.29. The number of hydrogen-bond acceptors (Lipinski definition) is 9. The van der Waals surface area contributed by atoms with Crippen LogP contribution >= 0.6 is 0 Å². The van der Waals surface area contributed by atoms with Crippen LogP contribution < -0.4 is 16.0 Å². The molecule has 1 rings (SSSR count). The molecule has 0 fully saturated rings. The van der Waals surface area contributed by atoms with Gasteiger partial charge in [-0.3, -0.25) is 4.84 Å².